The van der Waals surface area contributed by atoms with Gasteiger partial charge in [0.15, 0.2) is 11.6 Å². The highest BCUT2D eigenvalue weighted by Gasteiger charge is 2.50. The molecule has 0 bridgehead atoms. The average Bonchev–Trinajstić information content (AvgIpc) is 3.31. The molecule has 3 atom stereocenters. The summed E-state index contributed by atoms with van der Waals surface area (Å²) in [6.45, 7) is 1.37. The third kappa shape index (κ3) is 7.06. The van der Waals surface area contributed by atoms with Crippen LogP contribution in [-0.2, 0) is 19.1 Å². The summed E-state index contributed by atoms with van der Waals surface area (Å²) in [7, 11) is 1.16. The van der Waals surface area contributed by atoms with Gasteiger partial charge in [0.2, 0.25) is 11.9 Å². The Morgan fingerprint density at radius 2 is 1.94 bits per heavy atom. The van der Waals surface area contributed by atoms with Crippen molar-refractivity contribution in [1.82, 2.24) is 15.5 Å². The molecule has 1 saturated heterocycles. The fourth-order valence-electron chi connectivity index (χ4n) is 3.56. The van der Waals surface area contributed by atoms with Gasteiger partial charge in [-0.05, 0) is 38.0 Å². The Morgan fingerprint density at radius 3 is 2.50 bits per heavy atom. The number of nitrogens with one attached hydrogen (secondary N) is 2. The lowest BCUT2D eigenvalue weighted by atomic mass is 10.1. The predicted octanol–water partition coefficient (Wildman–Crippen LogP) is 1.45. The standard InChI is InChI=1S/C22H24F4N4O6/c1-3-36-17(31)10-13(11-27)28-20(33)15-5-4-8-30(15)21(34)18(22(24,25)26)29-19(32)12-6-7-16(35-2)14(23)9-12/h6-7,9,13,15,18H,3-5,8,10H2,1-2H3,(H,28,33)(H,29,32). The lowest BCUT2D eigenvalue weighted by molar-refractivity contribution is -0.175. The predicted molar refractivity (Wildman–Crippen MR) is 114 cm³/mol. The number of alkyl halides is 3. The first-order valence-corrected chi connectivity index (χ1v) is 10.8. The lowest BCUT2D eigenvalue weighted by Gasteiger charge is -2.30. The smallest absolute Gasteiger partial charge is 0.417 e. The zero-order valence-corrected chi connectivity index (χ0v) is 19.4. The average molecular weight is 516 g/mol. The van der Waals surface area contributed by atoms with E-state index in [-0.39, 0.29) is 31.7 Å². The molecule has 10 nitrogen and oxygen atoms in total. The van der Waals surface area contributed by atoms with Gasteiger partial charge < -0.3 is 25.0 Å². The van der Waals surface area contributed by atoms with E-state index in [1.807, 2.05) is 0 Å². The van der Waals surface area contributed by atoms with E-state index in [4.69, 9.17) is 9.47 Å². The number of amides is 3. The highest BCUT2D eigenvalue weighted by molar-refractivity contribution is 5.99. The number of esters is 1. The molecule has 1 aliphatic heterocycles. The van der Waals surface area contributed by atoms with Gasteiger partial charge in [0.05, 0.1) is 26.2 Å². The highest BCUT2D eigenvalue weighted by Crippen LogP contribution is 2.27. The maximum atomic E-state index is 13.9. The fourth-order valence-corrected chi connectivity index (χ4v) is 3.56. The largest absolute Gasteiger partial charge is 0.494 e. The molecule has 0 radical (unpaired) electrons. The number of carbonyl (C=O) groups is 4. The monoisotopic (exact) mass is 516 g/mol. The number of nitrogens with zero attached hydrogens (tertiary/aromatic N) is 2. The Balaban J connectivity index is 2.18. The van der Waals surface area contributed by atoms with Gasteiger partial charge in [0.1, 0.15) is 12.1 Å². The molecule has 0 aromatic heterocycles. The molecular formula is C22H24F4N4O6. The van der Waals surface area contributed by atoms with Crippen LogP contribution in [0.5, 0.6) is 5.75 Å². The molecule has 196 valence electrons. The zero-order valence-electron chi connectivity index (χ0n) is 19.4. The number of benzene rings is 1. The molecule has 0 aliphatic carbocycles. The molecule has 3 unspecified atom stereocenters. The molecule has 14 heteroatoms. The van der Waals surface area contributed by atoms with Gasteiger partial charge in [0.25, 0.3) is 11.8 Å². The summed E-state index contributed by atoms with van der Waals surface area (Å²) in [6.07, 6.45) is -5.55. The van der Waals surface area contributed by atoms with Crippen LogP contribution in [0, 0.1) is 17.1 Å². The summed E-state index contributed by atoms with van der Waals surface area (Å²) < 4.78 is 64.5. The van der Waals surface area contributed by atoms with Crippen LogP contribution in [0.15, 0.2) is 18.2 Å². The molecule has 36 heavy (non-hydrogen) atoms. The van der Waals surface area contributed by atoms with E-state index in [9.17, 15) is 42.0 Å². The minimum Gasteiger partial charge on any atom is -0.494 e. The maximum Gasteiger partial charge on any atom is 0.417 e. The van der Waals surface area contributed by atoms with Crippen molar-refractivity contribution in [3.8, 4) is 11.8 Å². The van der Waals surface area contributed by atoms with Crippen molar-refractivity contribution in [2.24, 2.45) is 0 Å². The van der Waals surface area contributed by atoms with E-state index in [0.717, 1.165) is 19.2 Å². The van der Waals surface area contributed by atoms with E-state index >= 15 is 0 Å². The summed E-state index contributed by atoms with van der Waals surface area (Å²) >= 11 is 0. The van der Waals surface area contributed by atoms with Crippen LogP contribution >= 0.6 is 0 Å². The first kappa shape index (κ1) is 28.3. The van der Waals surface area contributed by atoms with Crippen LogP contribution in [-0.4, -0.2) is 73.2 Å². The second-order valence-electron chi connectivity index (χ2n) is 7.69. The summed E-state index contributed by atoms with van der Waals surface area (Å²) in [5.74, 6) is -5.89. The first-order valence-electron chi connectivity index (χ1n) is 10.8. The lowest BCUT2D eigenvalue weighted by Crippen LogP contribution is -2.59. The van der Waals surface area contributed by atoms with Crippen LogP contribution in [0.2, 0.25) is 0 Å². The van der Waals surface area contributed by atoms with E-state index in [2.05, 4.69) is 5.32 Å². The van der Waals surface area contributed by atoms with Gasteiger partial charge in [-0.15, -0.1) is 0 Å². The van der Waals surface area contributed by atoms with Crippen LogP contribution in [0.1, 0.15) is 36.5 Å². The van der Waals surface area contributed by atoms with Crippen molar-refractivity contribution >= 4 is 23.7 Å². The molecule has 2 N–H and O–H groups in total. The molecule has 0 spiro atoms. The van der Waals surface area contributed by atoms with Crippen molar-refractivity contribution in [1.29, 1.82) is 5.26 Å². The van der Waals surface area contributed by atoms with Crippen molar-refractivity contribution in [3.63, 3.8) is 0 Å². The molecule has 2 rings (SSSR count). The maximum absolute atomic E-state index is 13.9. The summed E-state index contributed by atoms with van der Waals surface area (Å²) in [5, 5.41) is 13.0. The SMILES string of the molecule is CCOC(=O)CC(C#N)NC(=O)C1CCCN1C(=O)C(NC(=O)c1ccc(OC)c(F)c1)C(F)(F)F. The molecule has 1 aromatic carbocycles. The van der Waals surface area contributed by atoms with Crippen molar-refractivity contribution in [3.05, 3.63) is 29.6 Å². The number of rotatable bonds is 9. The van der Waals surface area contributed by atoms with Gasteiger partial charge in [-0.25, -0.2) is 4.39 Å². The van der Waals surface area contributed by atoms with Crippen LogP contribution in [0.4, 0.5) is 17.6 Å². The van der Waals surface area contributed by atoms with E-state index < -0.39 is 65.8 Å². The van der Waals surface area contributed by atoms with Gasteiger partial charge in [0, 0.05) is 12.1 Å². The summed E-state index contributed by atoms with van der Waals surface area (Å²) in [6, 6.07) is -1.31. The van der Waals surface area contributed by atoms with Gasteiger partial charge in [-0.3, -0.25) is 19.2 Å². The van der Waals surface area contributed by atoms with Crippen molar-refractivity contribution in [2.75, 3.05) is 20.3 Å². The topological polar surface area (TPSA) is 138 Å². The number of carbonyl (C=O) groups excluding carboxylic acids is 4. The minimum absolute atomic E-state index is 0.00264. The van der Waals surface area contributed by atoms with Gasteiger partial charge >= 0.3 is 12.1 Å². The summed E-state index contributed by atoms with van der Waals surface area (Å²) in [4.78, 5) is 50.1. The van der Waals surface area contributed by atoms with Gasteiger partial charge in [-0.1, -0.05) is 0 Å². The van der Waals surface area contributed by atoms with Gasteiger partial charge in [-0.2, -0.15) is 18.4 Å². The Kier molecular flexibility index (Phi) is 9.60. The number of halogens is 4. The number of nitriles is 1. The second-order valence-corrected chi connectivity index (χ2v) is 7.69. The fraction of sp³-hybridized carbons (Fsp3) is 0.500. The third-order valence-electron chi connectivity index (χ3n) is 5.25. The Bertz CT molecular complexity index is 1040. The highest BCUT2D eigenvalue weighted by atomic mass is 19.4. The quantitative estimate of drug-likeness (QED) is 0.374. The van der Waals surface area contributed by atoms with Crippen molar-refractivity contribution in [2.45, 2.75) is 50.5 Å². The molecule has 1 aliphatic rings. The van der Waals surface area contributed by atoms with E-state index in [1.54, 1.807) is 18.3 Å². The number of ether oxygens (including phenoxy) is 2. The Hall–Kier alpha value is -3.89. The second kappa shape index (κ2) is 12.2. The van der Waals surface area contributed by atoms with Crippen molar-refractivity contribution < 1.29 is 46.2 Å². The molecule has 1 fully saturated rings. The molecular weight excluding hydrogens is 492 g/mol. The molecule has 1 heterocycles. The van der Waals surface area contributed by atoms with Crippen LogP contribution in [0.3, 0.4) is 0 Å². The third-order valence-corrected chi connectivity index (χ3v) is 5.25. The molecule has 1 aromatic rings. The van der Waals surface area contributed by atoms with E-state index in [0.29, 0.717) is 11.0 Å². The molecule has 3 amide bonds. The van der Waals surface area contributed by atoms with Crippen LogP contribution < -0.4 is 15.4 Å². The Morgan fingerprint density at radius 1 is 1.25 bits per heavy atom. The number of hydrogen-bond acceptors (Lipinski definition) is 7. The minimum atomic E-state index is -5.24. The number of likely N-dealkylation sites (tertiary alicyclic amines) is 1. The zero-order chi connectivity index (χ0) is 27.0. The van der Waals surface area contributed by atoms with E-state index in [1.165, 1.54) is 0 Å². The normalized spacial score (nSPS) is 16.9. The number of hydrogen-bond donors (Lipinski definition) is 2. The van der Waals surface area contributed by atoms with Crippen LogP contribution in [0.25, 0.3) is 0 Å². The number of methoxy groups -OCH3 is 1. The molecule has 0 saturated carbocycles. The first-order chi connectivity index (χ1) is 16.9. The summed E-state index contributed by atoms with van der Waals surface area (Å²) in [5.41, 5.74) is -0.484. The Labute approximate surface area is 203 Å².